The minimum atomic E-state index is -5.55. The molecular weight excluding hydrogens is 448 g/mol. The second-order valence-corrected chi connectivity index (χ2v) is 6.39. The van der Waals surface area contributed by atoms with Crippen molar-refractivity contribution >= 4 is 0 Å². The summed E-state index contributed by atoms with van der Waals surface area (Å²) in [5, 5.41) is 0. The third-order valence-corrected chi connectivity index (χ3v) is 4.33. The van der Waals surface area contributed by atoms with Crippen LogP contribution in [-0.2, 0) is 17.9 Å². The number of hydrogen-bond donors (Lipinski definition) is 2. The molecule has 1 aliphatic carbocycles. The van der Waals surface area contributed by atoms with Crippen molar-refractivity contribution in [3.8, 4) is 0 Å². The van der Waals surface area contributed by atoms with E-state index in [0.29, 0.717) is 0 Å². The summed E-state index contributed by atoms with van der Waals surface area (Å²) in [6.07, 6.45) is -22.5. The second-order valence-electron chi connectivity index (χ2n) is 6.39. The molecule has 30 heavy (non-hydrogen) atoms. The van der Waals surface area contributed by atoms with Crippen LogP contribution in [0.4, 0.5) is 52.7 Å². The quantitative estimate of drug-likeness (QED) is 0.554. The molecule has 1 aliphatic rings. The first kappa shape index (κ1) is 23.9. The standard InChI is InChI=1S/C16H10F12N2/c17-13(18,19)6-1-2-7(14(20,21)22)8(3-6)12(30)5-9(15(23,24)25)10(29)4-11(12)16(26,27)28/h1-5,11H,29-30H2. The van der Waals surface area contributed by atoms with E-state index >= 15 is 0 Å². The largest absolute Gasteiger partial charge is 0.418 e. The number of alkyl halides is 12. The highest BCUT2D eigenvalue weighted by Gasteiger charge is 2.57. The van der Waals surface area contributed by atoms with Gasteiger partial charge in [0.1, 0.15) is 5.92 Å². The molecule has 168 valence electrons. The van der Waals surface area contributed by atoms with Gasteiger partial charge in [0.05, 0.1) is 22.2 Å². The van der Waals surface area contributed by atoms with Gasteiger partial charge in [-0.25, -0.2) is 0 Å². The molecule has 14 heteroatoms. The van der Waals surface area contributed by atoms with Crippen molar-refractivity contribution in [3.05, 3.63) is 58.3 Å². The molecule has 2 atom stereocenters. The van der Waals surface area contributed by atoms with Gasteiger partial charge in [-0.05, 0) is 35.9 Å². The Morgan fingerprint density at radius 1 is 0.767 bits per heavy atom. The van der Waals surface area contributed by atoms with Crippen LogP contribution in [0, 0.1) is 5.92 Å². The molecule has 2 nitrogen and oxygen atoms in total. The molecule has 1 aromatic carbocycles. The van der Waals surface area contributed by atoms with Crippen LogP contribution in [0.5, 0.6) is 0 Å². The molecule has 0 aromatic heterocycles. The molecule has 0 spiro atoms. The zero-order chi connectivity index (χ0) is 23.5. The first-order valence-corrected chi connectivity index (χ1v) is 7.61. The number of halogens is 12. The maximum Gasteiger partial charge on any atom is 0.418 e. The summed E-state index contributed by atoms with van der Waals surface area (Å²) >= 11 is 0. The summed E-state index contributed by atoms with van der Waals surface area (Å²) in [4.78, 5) is 0. The molecule has 1 aromatic rings. The second kappa shape index (κ2) is 6.82. The topological polar surface area (TPSA) is 52.0 Å². The van der Waals surface area contributed by atoms with Gasteiger partial charge in [0.25, 0.3) is 0 Å². The molecule has 0 aliphatic heterocycles. The fourth-order valence-corrected chi connectivity index (χ4v) is 3.00. The van der Waals surface area contributed by atoms with Gasteiger partial charge < -0.3 is 11.5 Å². The summed E-state index contributed by atoms with van der Waals surface area (Å²) in [7, 11) is 0. The van der Waals surface area contributed by atoms with Gasteiger partial charge in [-0.2, -0.15) is 52.7 Å². The Hall–Kier alpha value is -2.38. The summed E-state index contributed by atoms with van der Waals surface area (Å²) in [5.74, 6) is -3.28. The van der Waals surface area contributed by atoms with Gasteiger partial charge in [0.2, 0.25) is 0 Å². The first-order chi connectivity index (χ1) is 13.2. The van der Waals surface area contributed by atoms with Crippen molar-refractivity contribution in [2.24, 2.45) is 17.4 Å². The van der Waals surface area contributed by atoms with Crippen molar-refractivity contribution in [3.63, 3.8) is 0 Å². The van der Waals surface area contributed by atoms with E-state index in [1.54, 1.807) is 0 Å². The minimum Gasteiger partial charge on any atom is -0.398 e. The molecule has 4 N–H and O–H groups in total. The highest BCUT2D eigenvalue weighted by molar-refractivity contribution is 5.50. The molecule has 0 saturated heterocycles. The van der Waals surface area contributed by atoms with Gasteiger partial charge >= 0.3 is 24.7 Å². The van der Waals surface area contributed by atoms with Gasteiger partial charge in [0.15, 0.2) is 0 Å². The smallest absolute Gasteiger partial charge is 0.398 e. The Morgan fingerprint density at radius 2 is 1.30 bits per heavy atom. The van der Waals surface area contributed by atoms with E-state index in [9.17, 15) is 52.7 Å². The van der Waals surface area contributed by atoms with Crippen LogP contribution in [0.15, 0.2) is 41.6 Å². The van der Waals surface area contributed by atoms with E-state index in [1.807, 2.05) is 0 Å². The molecule has 0 amide bonds. The van der Waals surface area contributed by atoms with Crippen molar-refractivity contribution in [2.75, 3.05) is 0 Å². The number of hydrogen-bond acceptors (Lipinski definition) is 2. The van der Waals surface area contributed by atoms with Crippen LogP contribution < -0.4 is 11.5 Å². The molecule has 0 bridgehead atoms. The molecule has 0 heterocycles. The van der Waals surface area contributed by atoms with Crippen LogP contribution in [0.3, 0.4) is 0 Å². The fourth-order valence-electron chi connectivity index (χ4n) is 3.00. The lowest BCUT2D eigenvalue weighted by molar-refractivity contribution is -0.177. The van der Waals surface area contributed by atoms with Crippen molar-refractivity contribution in [1.29, 1.82) is 0 Å². The Morgan fingerprint density at radius 3 is 1.70 bits per heavy atom. The summed E-state index contributed by atoms with van der Waals surface area (Å²) in [5.41, 5.74) is -2.51. The van der Waals surface area contributed by atoms with E-state index in [-0.39, 0.29) is 24.3 Å². The van der Waals surface area contributed by atoms with Gasteiger partial charge in [-0.3, -0.25) is 0 Å². The summed E-state index contributed by atoms with van der Waals surface area (Å²) in [6, 6.07) is -0.607. The van der Waals surface area contributed by atoms with E-state index in [0.717, 1.165) is 0 Å². The van der Waals surface area contributed by atoms with Crippen molar-refractivity contribution in [2.45, 2.75) is 30.2 Å². The van der Waals surface area contributed by atoms with Crippen molar-refractivity contribution in [1.82, 2.24) is 0 Å². The molecule has 2 unspecified atom stereocenters. The Balaban J connectivity index is 2.96. The predicted molar refractivity (Wildman–Crippen MR) is 78.3 cm³/mol. The maximum absolute atomic E-state index is 13.5. The monoisotopic (exact) mass is 458 g/mol. The summed E-state index contributed by atoms with van der Waals surface area (Å²) < 4.78 is 159. The summed E-state index contributed by atoms with van der Waals surface area (Å²) in [6.45, 7) is 0. The van der Waals surface area contributed by atoms with Gasteiger partial charge in [-0.15, -0.1) is 0 Å². The van der Waals surface area contributed by atoms with E-state index in [4.69, 9.17) is 11.5 Å². The van der Waals surface area contributed by atoms with Crippen LogP contribution in [-0.4, -0.2) is 12.4 Å². The lowest BCUT2D eigenvalue weighted by atomic mass is 9.71. The van der Waals surface area contributed by atoms with Crippen LogP contribution in [0.2, 0.25) is 0 Å². The predicted octanol–water partition coefficient (Wildman–Crippen LogP) is 5.40. The number of nitrogens with two attached hydrogens (primary N) is 2. The fraction of sp³-hybridized carbons (Fsp3) is 0.375. The van der Waals surface area contributed by atoms with E-state index in [2.05, 4.69) is 0 Å². The minimum absolute atomic E-state index is 0.0698. The normalized spacial score (nSPS) is 23.8. The lowest BCUT2D eigenvalue weighted by Crippen LogP contribution is -2.52. The zero-order valence-electron chi connectivity index (χ0n) is 14.2. The SMILES string of the molecule is NC1=CC(C(F)(F)F)C(N)(c2cc(C(F)(F)F)ccc2C(F)(F)F)C=C1C(F)(F)F. The average molecular weight is 458 g/mol. The van der Waals surface area contributed by atoms with Crippen LogP contribution in [0.25, 0.3) is 0 Å². The average Bonchev–Trinajstić information content (AvgIpc) is 2.52. The Bertz CT molecular complexity index is 885. The van der Waals surface area contributed by atoms with Gasteiger partial charge in [0, 0.05) is 5.70 Å². The number of rotatable bonds is 1. The maximum atomic E-state index is 13.5. The third kappa shape index (κ3) is 4.37. The molecular formula is C16H10F12N2. The zero-order valence-corrected chi connectivity index (χ0v) is 14.2. The molecule has 0 radical (unpaired) electrons. The number of benzene rings is 1. The first-order valence-electron chi connectivity index (χ1n) is 7.61. The number of allylic oxidation sites excluding steroid dienone is 1. The van der Waals surface area contributed by atoms with Gasteiger partial charge in [-0.1, -0.05) is 0 Å². The molecule has 2 rings (SSSR count). The Kier molecular flexibility index (Phi) is 5.43. The molecule has 0 saturated carbocycles. The lowest BCUT2D eigenvalue weighted by Gasteiger charge is -2.40. The highest BCUT2D eigenvalue weighted by Crippen LogP contribution is 2.50. The van der Waals surface area contributed by atoms with E-state index < -0.39 is 70.2 Å². The van der Waals surface area contributed by atoms with E-state index in [1.165, 1.54) is 0 Å². The Labute approximate surface area is 159 Å². The van der Waals surface area contributed by atoms with Crippen LogP contribution in [0.1, 0.15) is 16.7 Å². The molecule has 0 fully saturated rings. The van der Waals surface area contributed by atoms with Crippen LogP contribution >= 0.6 is 0 Å². The highest BCUT2D eigenvalue weighted by atomic mass is 19.4. The van der Waals surface area contributed by atoms with Crippen molar-refractivity contribution < 1.29 is 52.7 Å². The third-order valence-electron chi connectivity index (χ3n) is 4.33.